The number of methoxy groups -OCH3 is 1. The lowest BCUT2D eigenvalue weighted by Gasteiger charge is -2.35. The molecule has 1 saturated heterocycles. The maximum Gasteiger partial charge on any atom is 0.278 e. The number of hydrogen-bond acceptors (Lipinski definition) is 5. The average molecular weight is 361 g/mol. The van der Waals surface area contributed by atoms with E-state index in [1.807, 2.05) is 13.8 Å². The van der Waals surface area contributed by atoms with E-state index in [1.54, 1.807) is 4.90 Å². The van der Waals surface area contributed by atoms with E-state index < -0.39 is 11.4 Å². The Morgan fingerprint density at radius 2 is 1.85 bits per heavy atom. The van der Waals surface area contributed by atoms with Crippen molar-refractivity contribution in [3.8, 4) is 11.4 Å². The summed E-state index contributed by atoms with van der Waals surface area (Å²) in [5.41, 5.74) is -0.0942. The van der Waals surface area contributed by atoms with Crippen LogP contribution in [0.5, 0.6) is 5.75 Å². The minimum absolute atomic E-state index is 0.0257. The minimum Gasteiger partial charge on any atom is -0.494 e. The molecule has 0 saturated carbocycles. The number of carbonyl (C=O) groups excluding carboxylic acids is 1. The Morgan fingerprint density at radius 3 is 2.42 bits per heavy atom. The summed E-state index contributed by atoms with van der Waals surface area (Å²) in [4.78, 5) is 26.9. The van der Waals surface area contributed by atoms with Gasteiger partial charge in [0.05, 0.1) is 31.1 Å². The number of halogens is 1. The van der Waals surface area contributed by atoms with Crippen LogP contribution in [0.15, 0.2) is 35.1 Å². The van der Waals surface area contributed by atoms with Crippen molar-refractivity contribution in [1.82, 2.24) is 14.7 Å². The molecule has 26 heavy (non-hydrogen) atoms. The van der Waals surface area contributed by atoms with E-state index in [1.165, 1.54) is 37.4 Å². The van der Waals surface area contributed by atoms with Crippen LogP contribution in [0.3, 0.4) is 0 Å². The van der Waals surface area contributed by atoms with Crippen molar-refractivity contribution in [2.45, 2.75) is 26.1 Å². The number of morpholine rings is 1. The highest BCUT2D eigenvalue weighted by Crippen LogP contribution is 2.19. The molecule has 2 unspecified atom stereocenters. The van der Waals surface area contributed by atoms with Gasteiger partial charge in [-0.3, -0.25) is 9.59 Å². The Labute approximate surface area is 149 Å². The Bertz CT molecular complexity index is 856. The monoisotopic (exact) mass is 361 g/mol. The fourth-order valence-corrected chi connectivity index (χ4v) is 3.00. The summed E-state index contributed by atoms with van der Waals surface area (Å²) in [7, 11) is 1.38. The van der Waals surface area contributed by atoms with E-state index in [0.717, 1.165) is 4.68 Å². The molecule has 0 aliphatic carbocycles. The zero-order chi connectivity index (χ0) is 18.8. The molecule has 1 fully saturated rings. The normalized spacial score (nSPS) is 20.1. The fraction of sp³-hybridized carbons (Fsp3) is 0.389. The molecule has 2 aromatic rings. The minimum atomic E-state index is -0.478. The van der Waals surface area contributed by atoms with Crippen LogP contribution >= 0.6 is 0 Å². The molecule has 138 valence electrons. The predicted octanol–water partition coefficient (Wildman–Crippen LogP) is 1.63. The summed E-state index contributed by atoms with van der Waals surface area (Å²) < 4.78 is 25.0. The second-order valence-electron chi connectivity index (χ2n) is 6.26. The first-order chi connectivity index (χ1) is 12.4. The molecular weight excluding hydrogens is 341 g/mol. The van der Waals surface area contributed by atoms with Crippen molar-refractivity contribution in [2.75, 3.05) is 20.2 Å². The number of benzene rings is 1. The number of amides is 1. The number of rotatable bonds is 3. The zero-order valence-corrected chi connectivity index (χ0v) is 14.8. The molecule has 1 aromatic carbocycles. The molecule has 2 atom stereocenters. The van der Waals surface area contributed by atoms with Crippen LogP contribution in [0.2, 0.25) is 0 Å². The zero-order valence-electron chi connectivity index (χ0n) is 14.8. The third-order valence-corrected chi connectivity index (χ3v) is 4.10. The molecule has 1 aliphatic heterocycles. The van der Waals surface area contributed by atoms with Gasteiger partial charge in [-0.2, -0.15) is 9.78 Å². The van der Waals surface area contributed by atoms with Crippen LogP contribution in [-0.4, -0.2) is 53.0 Å². The van der Waals surface area contributed by atoms with Crippen LogP contribution in [0.4, 0.5) is 4.39 Å². The second-order valence-corrected chi connectivity index (χ2v) is 6.26. The molecule has 0 spiro atoms. The topological polar surface area (TPSA) is 73.7 Å². The highest BCUT2D eigenvalue weighted by Gasteiger charge is 2.30. The lowest BCUT2D eigenvalue weighted by Crippen LogP contribution is -2.48. The second kappa shape index (κ2) is 7.25. The molecule has 3 rings (SSSR count). The van der Waals surface area contributed by atoms with Crippen molar-refractivity contribution in [3.05, 3.63) is 52.2 Å². The van der Waals surface area contributed by atoms with Gasteiger partial charge in [-0.05, 0) is 38.1 Å². The van der Waals surface area contributed by atoms with Gasteiger partial charge in [0, 0.05) is 13.1 Å². The third-order valence-electron chi connectivity index (χ3n) is 4.10. The highest BCUT2D eigenvalue weighted by atomic mass is 19.1. The quantitative estimate of drug-likeness (QED) is 0.831. The Hall–Kier alpha value is -2.74. The van der Waals surface area contributed by atoms with Crippen LogP contribution in [-0.2, 0) is 4.74 Å². The molecule has 0 radical (unpaired) electrons. The molecular formula is C18H20FN3O4. The van der Waals surface area contributed by atoms with Crippen molar-refractivity contribution >= 4 is 5.91 Å². The lowest BCUT2D eigenvalue weighted by atomic mass is 10.2. The molecule has 7 nitrogen and oxygen atoms in total. The van der Waals surface area contributed by atoms with Crippen molar-refractivity contribution in [3.63, 3.8) is 0 Å². The summed E-state index contributed by atoms with van der Waals surface area (Å²) in [6.07, 6.45) is -0.201. The van der Waals surface area contributed by atoms with Gasteiger partial charge >= 0.3 is 0 Å². The van der Waals surface area contributed by atoms with E-state index in [0.29, 0.717) is 18.8 Å². The Balaban J connectivity index is 2.02. The van der Waals surface area contributed by atoms with E-state index in [4.69, 9.17) is 9.47 Å². The van der Waals surface area contributed by atoms with Gasteiger partial charge in [0.2, 0.25) is 0 Å². The van der Waals surface area contributed by atoms with E-state index in [-0.39, 0.29) is 29.6 Å². The van der Waals surface area contributed by atoms with Crippen LogP contribution in [0.1, 0.15) is 24.3 Å². The molecule has 0 N–H and O–H groups in total. The maximum atomic E-state index is 13.1. The van der Waals surface area contributed by atoms with Crippen LogP contribution in [0.25, 0.3) is 5.69 Å². The van der Waals surface area contributed by atoms with Gasteiger partial charge in [0.25, 0.3) is 11.5 Å². The first-order valence-electron chi connectivity index (χ1n) is 8.28. The first-order valence-corrected chi connectivity index (χ1v) is 8.28. The summed E-state index contributed by atoms with van der Waals surface area (Å²) in [5, 5.41) is 4.19. The smallest absolute Gasteiger partial charge is 0.278 e. The molecule has 2 heterocycles. The predicted molar refractivity (Wildman–Crippen MR) is 92.3 cm³/mol. The number of carbonyl (C=O) groups is 1. The summed E-state index contributed by atoms with van der Waals surface area (Å²) in [5.74, 6) is -0.673. The average Bonchev–Trinajstić information content (AvgIpc) is 2.61. The van der Waals surface area contributed by atoms with E-state index in [9.17, 15) is 14.0 Å². The Kier molecular flexibility index (Phi) is 5.03. The van der Waals surface area contributed by atoms with E-state index in [2.05, 4.69) is 5.10 Å². The third kappa shape index (κ3) is 3.60. The molecule has 1 aliphatic rings. The largest absolute Gasteiger partial charge is 0.494 e. The van der Waals surface area contributed by atoms with Gasteiger partial charge in [-0.15, -0.1) is 0 Å². The van der Waals surface area contributed by atoms with Gasteiger partial charge in [-0.25, -0.2) is 4.39 Å². The highest BCUT2D eigenvalue weighted by molar-refractivity contribution is 5.95. The number of nitrogens with zero attached hydrogens (tertiary/aromatic N) is 3. The summed E-state index contributed by atoms with van der Waals surface area (Å²) in [6.45, 7) is 4.62. The lowest BCUT2D eigenvalue weighted by molar-refractivity contribution is -0.0588. The number of hydrogen-bond donors (Lipinski definition) is 0. The standard InChI is InChI=1S/C18H20FN3O4/c1-11-9-21(10-12(2)26-11)18(24)17-15(25-3)8-16(23)22(20-17)14-6-4-13(19)5-7-14/h4-8,11-12H,9-10H2,1-3H3. The van der Waals surface area contributed by atoms with Gasteiger partial charge in [0.1, 0.15) is 5.82 Å². The van der Waals surface area contributed by atoms with Crippen molar-refractivity contribution in [1.29, 1.82) is 0 Å². The van der Waals surface area contributed by atoms with Crippen LogP contribution < -0.4 is 10.3 Å². The van der Waals surface area contributed by atoms with Gasteiger partial charge in [0.15, 0.2) is 11.4 Å². The molecule has 1 amide bonds. The van der Waals surface area contributed by atoms with Crippen molar-refractivity contribution in [2.24, 2.45) is 0 Å². The molecule has 1 aromatic heterocycles. The van der Waals surface area contributed by atoms with Gasteiger partial charge < -0.3 is 14.4 Å². The first kappa shape index (κ1) is 18.1. The van der Waals surface area contributed by atoms with Crippen molar-refractivity contribution < 1.29 is 18.7 Å². The summed E-state index contributed by atoms with van der Waals surface area (Å²) >= 11 is 0. The van der Waals surface area contributed by atoms with Crippen LogP contribution in [0, 0.1) is 5.82 Å². The number of ether oxygens (including phenoxy) is 2. The SMILES string of the molecule is COc1cc(=O)n(-c2ccc(F)cc2)nc1C(=O)N1CC(C)OC(C)C1. The summed E-state index contributed by atoms with van der Waals surface area (Å²) in [6, 6.07) is 6.49. The van der Waals surface area contributed by atoms with E-state index >= 15 is 0 Å². The van der Waals surface area contributed by atoms with Gasteiger partial charge in [-0.1, -0.05) is 0 Å². The number of aromatic nitrogens is 2. The maximum absolute atomic E-state index is 13.1. The molecule has 0 bridgehead atoms. The fourth-order valence-electron chi connectivity index (χ4n) is 3.00. The molecule has 8 heteroatoms. The Morgan fingerprint density at radius 1 is 1.23 bits per heavy atom.